The van der Waals surface area contributed by atoms with Crippen molar-refractivity contribution < 1.29 is 14.7 Å². The Morgan fingerprint density at radius 3 is 2.10 bits per heavy atom. The SMILES string of the molecule is CC#CC(C(C)=O)C(=O)O. The first-order chi connectivity index (χ1) is 4.59. The van der Waals surface area contributed by atoms with Crippen LogP contribution in [0.3, 0.4) is 0 Å². The minimum atomic E-state index is -1.18. The predicted molar refractivity (Wildman–Crippen MR) is 35.3 cm³/mol. The van der Waals surface area contributed by atoms with Gasteiger partial charge in [0.1, 0.15) is 0 Å². The van der Waals surface area contributed by atoms with Crippen LogP contribution in [0, 0.1) is 17.8 Å². The Morgan fingerprint density at radius 2 is 2.00 bits per heavy atom. The molecule has 0 fully saturated rings. The maximum atomic E-state index is 10.5. The van der Waals surface area contributed by atoms with E-state index in [4.69, 9.17) is 5.11 Å². The number of ketones is 1. The van der Waals surface area contributed by atoms with Crippen molar-refractivity contribution in [2.75, 3.05) is 0 Å². The Morgan fingerprint density at radius 1 is 1.50 bits per heavy atom. The van der Waals surface area contributed by atoms with Gasteiger partial charge in [0.05, 0.1) is 0 Å². The fourth-order valence-electron chi connectivity index (χ4n) is 0.482. The molecule has 0 radical (unpaired) electrons. The van der Waals surface area contributed by atoms with Crippen molar-refractivity contribution in [1.82, 2.24) is 0 Å². The van der Waals surface area contributed by atoms with Gasteiger partial charge in [0.25, 0.3) is 0 Å². The highest BCUT2D eigenvalue weighted by molar-refractivity contribution is 5.99. The van der Waals surface area contributed by atoms with Crippen LogP contribution in [0.5, 0.6) is 0 Å². The first-order valence-corrected chi connectivity index (χ1v) is 2.75. The van der Waals surface area contributed by atoms with Crippen LogP contribution in [0.4, 0.5) is 0 Å². The van der Waals surface area contributed by atoms with Crippen molar-refractivity contribution in [3.8, 4) is 11.8 Å². The quantitative estimate of drug-likeness (QED) is 0.443. The smallest absolute Gasteiger partial charge is 0.326 e. The number of aliphatic carboxylic acids is 1. The van der Waals surface area contributed by atoms with E-state index in [1.54, 1.807) is 0 Å². The third-order valence-corrected chi connectivity index (χ3v) is 0.942. The Kier molecular flexibility index (Phi) is 3.20. The summed E-state index contributed by atoms with van der Waals surface area (Å²) in [6, 6.07) is 0. The number of carbonyl (C=O) groups excluding carboxylic acids is 1. The molecule has 0 aromatic heterocycles. The number of carboxylic acids is 1. The van der Waals surface area contributed by atoms with Crippen molar-refractivity contribution in [1.29, 1.82) is 0 Å². The number of Topliss-reactive ketones (excluding diaryl/α,β-unsaturated/α-hetero) is 1. The molecular formula is C7H8O3. The van der Waals surface area contributed by atoms with E-state index >= 15 is 0 Å². The highest BCUT2D eigenvalue weighted by atomic mass is 16.4. The molecule has 0 heterocycles. The highest BCUT2D eigenvalue weighted by Gasteiger charge is 2.18. The van der Waals surface area contributed by atoms with Crippen LogP contribution in [0.2, 0.25) is 0 Å². The molecule has 0 aromatic rings. The van der Waals surface area contributed by atoms with Crippen LogP contribution in [0.15, 0.2) is 0 Å². The van der Waals surface area contributed by atoms with E-state index < -0.39 is 17.7 Å². The van der Waals surface area contributed by atoms with E-state index in [1.165, 1.54) is 13.8 Å². The minimum absolute atomic E-state index is 0.429. The Balaban J connectivity index is 4.37. The molecule has 0 saturated carbocycles. The van der Waals surface area contributed by atoms with Gasteiger partial charge >= 0.3 is 5.97 Å². The molecule has 3 nitrogen and oxygen atoms in total. The summed E-state index contributed by atoms with van der Waals surface area (Å²) in [4.78, 5) is 20.7. The van der Waals surface area contributed by atoms with Crippen LogP contribution in [-0.2, 0) is 9.59 Å². The molecule has 0 aliphatic carbocycles. The topological polar surface area (TPSA) is 54.4 Å². The van der Waals surface area contributed by atoms with Crippen molar-refractivity contribution in [2.24, 2.45) is 5.92 Å². The lowest BCUT2D eigenvalue weighted by Crippen LogP contribution is -2.19. The van der Waals surface area contributed by atoms with Gasteiger partial charge in [-0.15, -0.1) is 5.92 Å². The molecule has 0 saturated heterocycles. The molecule has 1 unspecified atom stereocenters. The molecule has 1 N–H and O–H groups in total. The largest absolute Gasteiger partial charge is 0.480 e. The average molecular weight is 140 g/mol. The highest BCUT2D eigenvalue weighted by Crippen LogP contribution is 1.95. The lowest BCUT2D eigenvalue weighted by atomic mass is 10.1. The summed E-state index contributed by atoms with van der Waals surface area (Å²) in [5, 5.41) is 8.35. The fraction of sp³-hybridized carbons (Fsp3) is 0.429. The van der Waals surface area contributed by atoms with Crippen LogP contribution in [0.25, 0.3) is 0 Å². The minimum Gasteiger partial charge on any atom is -0.480 e. The summed E-state index contributed by atoms with van der Waals surface area (Å²) in [5.74, 6) is 1.91. The van der Waals surface area contributed by atoms with Gasteiger partial charge in [-0.25, -0.2) is 0 Å². The van der Waals surface area contributed by atoms with E-state index in [9.17, 15) is 9.59 Å². The molecule has 0 aromatic carbocycles. The third kappa shape index (κ3) is 2.31. The van der Waals surface area contributed by atoms with Gasteiger partial charge < -0.3 is 5.11 Å². The molecule has 10 heavy (non-hydrogen) atoms. The van der Waals surface area contributed by atoms with Crippen LogP contribution in [-0.4, -0.2) is 16.9 Å². The van der Waals surface area contributed by atoms with E-state index in [-0.39, 0.29) is 0 Å². The average Bonchev–Trinajstić information content (AvgIpc) is 1.81. The van der Waals surface area contributed by atoms with Crippen molar-refractivity contribution >= 4 is 11.8 Å². The number of carboxylic acid groups (broad SMARTS) is 1. The van der Waals surface area contributed by atoms with Gasteiger partial charge in [-0.05, 0) is 13.8 Å². The molecule has 0 spiro atoms. The van der Waals surface area contributed by atoms with Crippen LogP contribution < -0.4 is 0 Å². The van der Waals surface area contributed by atoms with Crippen molar-refractivity contribution in [3.63, 3.8) is 0 Å². The Labute approximate surface area is 59.0 Å². The molecule has 54 valence electrons. The Bertz CT molecular complexity index is 193. The van der Waals surface area contributed by atoms with E-state index in [0.29, 0.717) is 0 Å². The van der Waals surface area contributed by atoms with Gasteiger partial charge in [0, 0.05) is 0 Å². The second-order valence-electron chi connectivity index (χ2n) is 1.78. The van der Waals surface area contributed by atoms with E-state index in [1.807, 2.05) is 0 Å². The summed E-state index contributed by atoms with van der Waals surface area (Å²) in [6.07, 6.45) is 0. The number of carbonyl (C=O) groups is 2. The zero-order valence-electron chi connectivity index (χ0n) is 5.84. The Hall–Kier alpha value is -1.30. The molecule has 0 rings (SSSR count). The molecule has 0 amide bonds. The van der Waals surface area contributed by atoms with Crippen molar-refractivity contribution in [3.05, 3.63) is 0 Å². The molecule has 0 aliphatic rings. The molecule has 1 atom stereocenters. The second kappa shape index (κ2) is 3.67. The van der Waals surface area contributed by atoms with Crippen LogP contribution >= 0.6 is 0 Å². The molecule has 0 bridgehead atoms. The van der Waals surface area contributed by atoms with Gasteiger partial charge in [0.15, 0.2) is 11.7 Å². The first-order valence-electron chi connectivity index (χ1n) is 2.75. The van der Waals surface area contributed by atoms with E-state index in [0.717, 1.165) is 0 Å². The first kappa shape index (κ1) is 8.70. The monoisotopic (exact) mass is 140 g/mol. The summed E-state index contributed by atoms with van der Waals surface area (Å²) >= 11 is 0. The molecule has 3 heteroatoms. The van der Waals surface area contributed by atoms with Gasteiger partial charge in [-0.2, -0.15) is 0 Å². The predicted octanol–water partition coefficient (Wildman–Crippen LogP) is 0.299. The third-order valence-electron chi connectivity index (χ3n) is 0.942. The summed E-state index contributed by atoms with van der Waals surface area (Å²) in [5.41, 5.74) is 0. The molecular weight excluding hydrogens is 132 g/mol. The fourth-order valence-corrected chi connectivity index (χ4v) is 0.482. The maximum absolute atomic E-state index is 10.5. The normalized spacial score (nSPS) is 11.0. The number of rotatable bonds is 2. The van der Waals surface area contributed by atoms with Crippen molar-refractivity contribution in [2.45, 2.75) is 13.8 Å². The van der Waals surface area contributed by atoms with Gasteiger partial charge in [-0.3, -0.25) is 9.59 Å². The van der Waals surface area contributed by atoms with Crippen LogP contribution in [0.1, 0.15) is 13.8 Å². The van der Waals surface area contributed by atoms with Gasteiger partial charge in [0.2, 0.25) is 0 Å². The maximum Gasteiger partial charge on any atom is 0.326 e. The lowest BCUT2D eigenvalue weighted by Gasteiger charge is -1.96. The summed E-state index contributed by atoms with van der Waals surface area (Å²) in [7, 11) is 0. The zero-order valence-corrected chi connectivity index (χ0v) is 5.84. The second-order valence-corrected chi connectivity index (χ2v) is 1.78. The lowest BCUT2D eigenvalue weighted by molar-refractivity contribution is -0.143. The number of hydrogen-bond donors (Lipinski definition) is 1. The van der Waals surface area contributed by atoms with Gasteiger partial charge in [-0.1, -0.05) is 5.92 Å². The standard InChI is InChI=1S/C7H8O3/c1-3-4-6(5(2)8)7(9)10/h6H,1-2H3,(H,9,10). The molecule has 0 aliphatic heterocycles. The number of hydrogen-bond acceptors (Lipinski definition) is 2. The zero-order chi connectivity index (χ0) is 8.15. The summed E-state index contributed by atoms with van der Waals surface area (Å²) in [6.45, 7) is 2.71. The van der Waals surface area contributed by atoms with E-state index in [2.05, 4.69) is 11.8 Å². The summed E-state index contributed by atoms with van der Waals surface area (Å²) < 4.78 is 0.